The van der Waals surface area contributed by atoms with Crippen LogP contribution >= 0.6 is 11.6 Å². The zero-order valence-electron chi connectivity index (χ0n) is 19.7. The Morgan fingerprint density at radius 2 is 1.77 bits per heavy atom. The molecule has 7 heteroatoms. The molecule has 0 aliphatic heterocycles. The van der Waals surface area contributed by atoms with Crippen LogP contribution in [0, 0.1) is 0 Å². The second-order valence-electron chi connectivity index (χ2n) is 8.06. The van der Waals surface area contributed by atoms with E-state index in [0.717, 1.165) is 24.3 Å². The van der Waals surface area contributed by atoms with Crippen molar-refractivity contribution in [2.24, 2.45) is 0 Å². The number of rotatable bonds is 9. The Labute approximate surface area is 210 Å². The molecular formula is C28H28ClN3O3. The number of nitrogens with one attached hydrogen (secondary N) is 1. The second kappa shape index (κ2) is 11.1. The fraction of sp³-hybridized carbons (Fsp3) is 0.214. The average molecular weight is 490 g/mol. The van der Waals surface area contributed by atoms with Gasteiger partial charge in [0.1, 0.15) is 17.0 Å². The molecule has 0 saturated carbocycles. The third-order valence-corrected chi connectivity index (χ3v) is 6.24. The van der Waals surface area contributed by atoms with Crippen molar-refractivity contribution in [3.05, 3.63) is 95.1 Å². The quantitative estimate of drug-likeness (QED) is 0.314. The first kappa shape index (κ1) is 24.4. The lowest BCUT2D eigenvalue weighted by Gasteiger charge is -2.24. The van der Waals surface area contributed by atoms with Gasteiger partial charge in [-0.3, -0.25) is 9.78 Å². The predicted molar refractivity (Wildman–Crippen MR) is 140 cm³/mol. The fourth-order valence-electron chi connectivity index (χ4n) is 4.10. The Bertz CT molecular complexity index is 1290. The summed E-state index contributed by atoms with van der Waals surface area (Å²) in [6.45, 7) is 5.82. The molecule has 4 rings (SSSR count). The fourth-order valence-corrected chi connectivity index (χ4v) is 4.37. The largest absolute Gasteiger partial charge is 0.505 e. The van der Waals surface area contributed by atoms with Crippen LogP contribution in [0.2, 0.25) is 5.02 Å². The molecule has 180 valence electrons. The van der Waals surface area contributed by atoms with Gasteiger partial charge in [-0.2, -0.15) is 0 Å². The molecule has 0 radical (unpaired) electrons. The van der Waals surface area contributed by atoms with Crippen molar-refractivity contribution in [3.8, 4) is 11.5 Å². The number of carbonyl (C=O) groups excluding carboxylic acids is 1. The number of nitrogens with zero attached hydrogens (tertiary/aromatic N) is 2. The van der Waals surface area contributed by atoms with Gasteiger partial charge < -0.3 is 20.1 Å². The van der Waals surface area contributed by atoms with Crippen LogP contribution in [0.15, 0.2) is 79.0 Å². The van der Waals surface area contributed by atoms with E-state index in [0.29, 0.717) is 27.2 Å². The van der Waals surface area contributed by atoms with Gasteiger partial charge in [-0.15, -0.1) is 0 Å². The summed E-state index contributed by atoms with van der Waals surface area (Å²) in [5, 5.41) is 15.2. The third-order valence-electron chi connectivity index (χ3n) is 5.93. The molecule has 0 aliphatic rings. The lowest BCUT2D eigenvalue weighted by molar-refractivity contribution is -0.123. The highest BCUT2D eigenvalue weighted by Gasteiger charge is 2.24. The van der Waals surface area contributed by atoms with Crippen molar-refractivity contribution in [1.29, 1.82) is 0 Å². The van der Waals surface area contributed by atoms with E-state index in [-0.39, 0.29) is 18.3 Å². The Morgan fingerprint density at radius 1 is 1.06 bits per heavy atom. The number of phenolic OH excluding ortho intramolecular Hbond substituents is 1. The number of amides is 1. The number of hydrogen-bond donors (Lipinski definition) is 2. The highest BCUT2D eigenvalue weighted by Crippen LogP contribution is 2.38. The molecule has 0 fully saturated rings. The van der Waals surface area contributed by atoms with Gasteiger partial charge in [0.05, 0.1) is 11.1 Å². The van der Waals surface area contributed by atoms with Crippen molar-refractivity contribution in [2.75, 3.05) is 24.6 Å². The Kier molecular flexibility index (Phi) is 7.73. The summed E-state index contributed by atoms with van der Waals surface area (Å²) in [5.41, 5.74) is 2.73. The van der Waals surface area contributed by atoms with Gasteiger partial charge in [0.2, 0.25) is 0 Å². The number of benzene rings is 3. The van der Waals surface area contributed by atoms with Gasteiger partial charge in [-0.25, -0.2) is 0 Å². The molecule has 0 spiro atoms. The van der Waals surface area contributed by atoms with Crippen molar-refractivity contribution in [1.82, 2.24) is 10.3 Å². The highest BCUT2D eigenvalue weighted by molar-refractivity contribution is 6.35. The van der Waals surface area contributed by atoms with Crippen LogP contribution in [-0.4, -0.2) is 35.7 Å². The van der Waals surface area contributed by atoms with Gasteiger partial charge in [0, 0.05) is 35.9 Å². The van der Waals surface area contributed by atoms with E-state index >= 15 is 0 Å². The molecule has 1 atom stereocenters. The minimum absolute atomic E-state index is 0.0212. The Balaban J connectivity index is 1.69. The third kappa shape index (κ3) is 5.49. The van der Waals surface area contributed by atoms with Crippen LogP contribution in [0.25, 0.3) is 10.9 Å². The van der Waals surface area contributed by atoms with E-state index in [1.165, 1.54) is 0 Å². The van der Waals surface area contributed by atoms with Crippen LogP contribution in [0.3, 0.4) is 0 Å². The van der Waals surface area contributed by atoms with Crippen molar-refractivity contribution < 1.29 is 14.6 Å². The molecule has 1 unspecified atom stereocenters. The molecule has 4 aromatic rings. The predicted octanol–water partition coefficient (Wildman–Crippen LogP) is 5.72. The van der Waals surface area contributed by atoms with Crippen molar-refractivity contribution in [3.63, 3.8) is 0 Å². The van der Waals surface area contributed by atoms with E-state index in [1.807, 2.05) is 42.5 Å². The van der Waals surface area contributed by atoms with Crippen molar-refractivity contribution >= 4 is 34.1 Å². The summed E-state index contributed by atoms with van der Waals surface area (Å²) in [6.07, 6.45) is 1.60. The molecule has 1 aromatic heterocycles. The molecule has 3 aromatic carbocycles. The molecule has 35 heavy (non-hydrogen) atoms. The highest BCUT2D eigenvalue weighted by atomic mass is 35.5. The molecule has 6 nitrogen and oxygen atoms in total. The van der Waals surface area contributed by atoms with Crippen LogP contribution < -0.4 is 15.0 Å². The number of hydrogen-bond acceptors (Lipinski definition) is 5. The minimum Gasteiger partial charge on any atom is -0.505 e. The number of para-hydroxylation sites is 1. The summed E-state index contributed by atoms with van der Waals surface area (Å²) in [5.74, 6) is 0.249. The number of aromatic hydroxyl groups is 1. The molecule has 0 bridgehead atoms. The van der Waals surface area contributed by atoms with E-state index in [2.05, 4.69) is 29.0 Å². The summed E-state index contributed by atoms with van der Waals surface area (Å²) in [6, 6.07) is 21.7. The van der Waals surface area contributed by atoms with E-state index in [4.69, 9.17) is 16.3 Å². The molecule has 0 saturated heterocycles. The number of ether oxygens (including phenoxy) is 1. The average Bonchev–Trinajstić information content (AvgIpc) is 2.90. The number of aromatic nitrogens is 1. The number of anilines is 1. The molecular weight excluding hydrogens is 462 g/mol. The Morgan fingerprint density at radius 3 is 2.46 bits per heavy atom. The zero-order chi connectivity index (χ0) is 24.8. The first-order chi connectivity index (χ1) is 17.0. The zero-order valence-corrected chi connectivity index (χ0v) is 20.5. The molecule has 1 amide bonds. The van der Waals surface area contributed by atoms with Gasteiger partial charge in [0.25, 0.3) is 5.91 Å². The smallest absolute Gasteiger partial charge is 0.258 e. The topological polar surface area (TPSA) is 74.7 Å². The normalized spacial score (nSPS) is 11.7. The number of fused-ring (bicyclic) bond motifs is 1. The van der Waals surface area contributed by atoms with Crippen LogP contribution in [0.4, 0.5) is 5.69 Å². The van der Waals surface area contributed by atoms with E-state index in [1.54, 1.807) is 36.5 Å². The number of pyridine rings is 1. The lowest BCUT2D eigenvalue weighted by atomic mass is 9.95. The van der Waals surface area contributed by atoms with Gasteiger partial charge >= 0.3 is 0 Å². The summed E-state index contributed by atoms with van der Waals surface area (Å²) in [4.78, 5) is 19.5. The maximum atomic E-state index is 12.9. The standard InChI is InChI=1S/C28H28ClN3O3/c1-3-32(4-2)20-14-12-19(13-15-20)26(31-25(33)18-35-21-9-6-5-7-10-21)23-17-24(29)22-11-8-16-30-27(22)28(23)34/h5-17,26,34H,3-4,18H2,1-2H3,(H,31,33). The molecule has 0 aliphatic carbocycles. The monoisotopic (exact) mass is 489 g/mol. The first-order valence-corrected chi connectivity index (χ1v) is 12.0. The summed E-state index contributed by atoms with van der Waals surface area (Å²) < 4.78 is 5.62. The van der Waals surface area contributed by atoms with E-state index in [9.17, 15) is 9.90 Å². The molecule has 2 N–H and O–H groups in total. The minimum atomic E-state index is -0.656. The van der Waals surface area contributed by atoms with Crippen LogP contribution in [0.1, 0.15) is 31.0 Å². The van der Waals surface area contributed by atoms with Crippen LogP contribution in [-0.2, 0) is 4.79 Å². The van der Waals surface area contributed by atoms with E-state index < -0.39 is 6.04 Å². The van der Waals surface area contributed by atoms with Gasteiger partial charge in [-0.05, 0) is 61.9 Å². The Hall–Kier alpha value is -3.77. The summed E-state index contributed by atoms with van der Waals surface area (Å²) >= 11 is 6.55. The maximum absolute atomic E-state index is 12.9. The van der Waals surface area contributed by atoms with Gasteiger partial charge in [0.15, 0.2) is 6.61 Å². The number of carbonyl (C=O) groups is 1. The first-order valence-electron chi connectivity index (χ1n) is 11.6. The van der Waals surface area contributed by atoms with Gasteiger partial charge in [-0.1, -0.05) is 41.9 Å². The number of halogens is 1. The lowest BCUT2D eigenvalue weighted by Crippen LogP contribution is -2.33. The maximum Gasteiger partial charge on any atom is 0.258 e. The van der Waals surface area contributed by atoms with Crippen molar-refractivity contribution in [2.45, 2.75) is 19.9 Å². The molecule has 1 heterocycles. The SMILES string of the molecule is CCN(CC)c1ccc(C(NC(=O)COc2ccccc2)c2cc(Cl)c3cccnc3c2O)cc1. The van der Waals surface area contributed by atoms with Crippen LogP contribution in [0.5, 0.6) is 11.5 Å². The summed E-state index contributed by atoms with van der Waals surface area (Å²) in [7, 11) is 0. The number of phenols is 1. The second-order valence-corrected chi connectivity index (χ2v) is 8.47.